The molecule has 1 N–H and O–H groups in total. The number of carboxylic acids is 1. The highest BCUT2D eigenvalue weighted by atomic mass is 16.7. The topological polar surface area (TPSA) is 77.9 Å². The van der Waals surface area contributed by atoms with Crippen molar-refractivity contribution >= 4 is 13.1 Å². The van der Waals surface area contributed by atoms with Gasteiger partial charge in [0.25, 0.3) is 0 Å². The Balaban J connectivity index is 2.33. The van der Waals surface area contributed by atoms with Gasteiger partial charge in [0.2, 0.25) is 5.88 Å². The number of ether oxygens (including phenoxy) is 1. The van der Waals surface area contributed by atoms with E-state index in [-0.39, 0.29) is 6.42 Å². The van der Waals surface area contributed by atoms with E-state index in [4.69, 9.17) is 14.0 Å². The van der Waals surface area contributed by atoms with Gasteiger partial charge in [-0.15, -0.1) is 0 Å². The summed E-state index contributed by atoms with van der Waals surface area (Å²) in [5.74, 6) is -0.998. The van der Waals surface area contributed by atoms with E-state index < -0.39 is 30.1 Å². The predicted octanol–water partition coefficient (Wildman–Crippen LogP) is 2.28. The monoisotopic (exact) mass is 307 g/mol. The van der Waals surface area contributed by atoms with Gasteiger partial charge in [-0.1, -0.05) is 6.07 Å². The zero-order valence-corrected chi connectivity index (χ0v) is 13.6. The Bertz CT molecular complexity index is 545. The van der Waals surface area contributed by atoms with Crippen molar-refractivity contribution in [2.24, 2.45) is 0 Å². The summed E-state index contributed by atoms with van der Waals surface area (Å²) in [6.45, 7) is 7.74. The van der Waals surface area contributed by atoms with Crippen LogP contribution in [0.2, 0.25) is 0 Å². The number of hydrogen-bond acceptors (Lipinski definition) is 5. The number of nitrogens with zero attached hydrogens (tertiary/aromatic N) is 1. The molecule has 2 heterocycles. The van der Waals surface area contributed by atoms with E-state index in [0.29, 0.717) is 11.6 Å². The lowest BCUT2D eigenvalue weighted by molar-refractivity contribution is -0.137. The largest absolute Gasteiger partial charge is 0.481 e. The smallest absolute Gasteiger partial charge is 0.468 e. The maximum Gasteiger partial charge on any atom is 0.468 e. The van der Waals surface area contributed by atoms with Crippen LogP contribution in [0, 0.1) is 0 Å². The van der Waals surface area contributed by atoms with Crippen LogP contribution in [0.3, 0.4) is 0 Å². The van der Waals surface area contributed by atoms with Crippen LogP contribution in [0.25, 0.3) is 0 Å². The molecule has 0 amide bonds. The Kier molecular flexibility index (Phi) is 4.49. The van der Waals surface area contributed by atoms with Gasteiger partial charge in [-0.3, -0.25) is 4.79 Å². The highest BCUT2D eigenvalue weighted by molar-refractivity contribution is 6.48. The zero-order chi connectivity index (χ0) is 16.5. The molecule has 6 nitrogen and oxygen atoms in total. The number of carboxylic acid groups (broad SMARTS) is 1. The first-order chi connectivity index (χ1) is 10.2. The standard InChI is InChI=1S/C15H22BNO5/c1-14(2)15(3,4)22-16(21-14)10(9-13(18)19)11-7-6-8-12(17-11)20-5/h6-8,10H,9H2,1-5H3,(H,18,19). The quantitative estimate of drug-likeness (QED) is 0.841. The molecular formula is C15H22BNO5. The zero-order valence-electron chi connectivity index (χ0n) is 13.6. The highest BCUT2D eigenvalue weighted by Crippen LogP contribution is 2.41. The van der Waals surface area contributed by atoms with E-state index in [1.165, 1.54) is 7.11 Å². The molecule has 120 valence electrons. The van der Waals surface area contributed by atoms with Gasteiger partial charge in [-0.25, -0.2) is 4.98 Å². The molecule has 1 saturated heterocycles. The number of aromatic nitrogens is 1. The number of rotatable bonds is 5. The molecule has 0 saturated carbocycles. The molecule has 1 unspecified atom stereocenters. The molecule has 1 aromatic heterocycles. The third kappa shape index (κ3) is 3.25. The summed E-state index contributed by atoms with van der Waals surface area (Å²) in [6.07, 6.45) is -0.128. The molecule has 7 heteroatoms. The number of aliphatic carboxylic acids is 1. The van der Waals surface area contributed by atoms with E-state index >= 15 is 0 Å². The number of methoxy groups -OCH3 is 1. The number of hydrogen-bond donors (Lipinski definition) is 1. The van der Waals surface area contributed by atoms with Crippen molar-refractivity contribution in [1.82, 2.24) is 4.98 Å². The minimum Gasteiger partial charge on any atom is -0.481 e. The van der Waals surface area contributed by atoms with Gasteiger partial charge >= 0.3 is 13.1 Å². The van der Waals surface area contributed by atoms with E-state index in [0.717, 1.165) is 0 Å². The first-order valence-electron chi connectivity index (χ1n) is 7.24. The highest BCUT2D eigenvalue weighted by Gasteiger charge is 2.54. The second kappa shape index (κ2) is 5.89. The average molecular weight is 307 g/mol. The van der Waals surface area contributed by atoms with Crippen molar-refractivity contribution in [3.63, 3.8) is 0 Å². The molecular weight excluding hydrogens is 285 g/mol. The molecule has 0 radical (unpaired) electrons. The van der Waals surface area contributed by atoms with Crippen LogP contribution in [0.5, 0.6) is 5.88 Å². The van der Waals surface area contributed by atoms with Crippen LogP contribution >= 0.6 is 0 Å². The number of pyridine rings is 1. The SMILES string of the molecule is COc1cccc(C(CC(=O)O)B2OC(C)(C)C(C)(C)O2)n1. The van der Waals surface area contributed by atoms with Crippen LogP contribution < -0.4 is 4.74 Å². The third-order valence-electron chi connectivity index (χ3n) is 4.33. The normalized spacial score (nSPS) is 20.7. The summed E-state index contributed by atoms with van der Waals surface area (Å²) < 4.78 is 17.1. The summed E-state index contributed by atoms with van der Waals surface area (Å²) in [4.78, 5) is 15.6. The minimum absolute atomic E-state index is 0.128. The molecule has 0 aromatic carbocycles. The fourth-order valence-corrected chi connectivity index (χ4v) is 2.33. The van der Waals surface area contributed by atoms with Gasteiger partial charge in [0.1, 0.15) is 0 Å². The molecule has 1 aromatic rings. The molecule has 0 spiro atoms. The fraction of sp³-hybridized carbons (Fsp3) is 0.600. The first kappa shape index (κ1) is 16.8. The Morgan fingerprint density at radius 1 is 1.32 bits per heavy atom. The molecule has 1 aliphatic heterocycles. The van der Waals surface area contributed by atoms with Gasteiger partial charge in [-0.2, -0.15) is 0 Å². The van der Waals surface area contributed by atoms with Gasteiger partial charge < -0.3 is 19.2 Å². The lowest BCUT2D eigenvalue weighted by Gasteiger charge is -2.32. The lowest BCUT2D eigenvalue weighted by atomic mass is 9.68. The van der Waals surface area contributed by atoms with E-state index in [2.05, 4.69) is 4.98 Å². The maximum absolute atomic E-state index is 11.2. The van der Waals surface area contributed by atoms with E-state index in [1.54, 1.807) is 18.2 Å². The Morgan fingerprint density at radius 3 is 2.41 bits per heavy atom. The first-order valence-corrected chi connectivity index (χ1v) is 7.24. The van der Waals surface area contributed by atoms with Gasteiger partial charge in [0.05, 0.1) is 24.7 Å². The fourth-order valence-electron chi connectivity index (χ4n) is 2.33. The van der Waals surface area contributed by atoms with E-state index in [9.17, 15) is 9.90 Å². The second-order valence-electron chi connectivity index (χ2n) is 6.43. The van der Waals surface area contributed by atoms with Crippen LogP contribution in [-0.2, 0) is 14.1 Å². The lowest BCUT2D eigenvalue weighted by Crippen LogP contribution is -2.41. The average Bonchev–Trinajstić information content (AvgIpc) is 2.64. The predicted molar refractivity (Wildman–Crippen MR) is 81.9 cm³/mol. The third-order valence-corrected chi connectivity index (χ3v) is 4.33. The molecule has 0 bridgehead atoms. The summed E-state index contributed by atoms with van der Waals surface area (Å²) in [5, 5.41) is 9.22. The second-order valence-corrected chi connectivity index (χ2v) is 6.43. The van der Waals surface area contributed by atoms with Crippen molar-refractivity contribution in [2.45, 2.75) is 51.1 Å². The molecule has 22 heavy (non-hydrogen) atoms. The van der Waals surface area contributed by atoms with Crippen LogP contribution in [-0.4, -0.2) is 41.5 Å². The maximum atomic E-state index is 11.2. The summed E-state index contributed by atoms with van der Waals surface area (Å²) >= 11 is 0. The molecule has 2 rings (SSSR count). The Hall–Kier alpha value is -1.60. The van der Waals surface area contributed by atoms with Gasteiger partial charge in [0.15, 0.2) is 0 Å². The Morgan fingerprint density at radius 2 is 1.91 bits per heavy atom. The van der Waals surface area contributed by atoms with Crippen molar-refractivity contribution < 1.29 is 23.9 Å². The molecule has 0 aliphatic carbocycles. The Labute approximate surface area is 130 Å². The minimum atomic E-state index is -0.927. The summed E-state index contributed by atoms with van der Waals surface area (Å²) in [6, 6.07) is 5.26. The molecule has 1 aliphatic rings. The van der Waals surface area contributed by atoms with Crippen LogP contribution in [0.4, 0.5) is 0 Å². The summed E-state index contributed by atoms with van der Waals surface area (Å²) in [7, 11) is 0.855. The molecule has 1 atom stereocenters. The van der Waals surface area contributed by atoms with Crippen molar-refractivity contribution in [3.8, 4) is 5.88 Å². The molecule has 1 fully saturated rings. The van der Waals surface area contributed by atoms with Crippen molar-refractivity contribution in [1.29, 1.82) is 0 Å². The van der Waals surface area contributed by atoms with E-state index in [1.807, 2.05) is 27.7 Å². The van der Waals surface area contributed by atoms with Crippen molar-refractivity contribution in [3.05, 3.63) is 23.9 Å². The number of carbonyl (C=O) groups is 1. The van der Waals surface area contributed by atoms with Gasteiger partial charge in [-0.05, 0) is 33.8 Å². The van der Waals surface area contributed by atoms with Crippen molar-refractivity contribution in [2.75, 3.05) is 7.11 Å². The van der Waals surface area contributed by atoms with Crippen LogP contribution in [0.1, 0.15) is 45.6 Å². The summed E-state index contributed by atoms with van der Waals surface area (Å²) in [5.41, 5.74) is -0.458. The van der Waals surface area contributed by atoms with Gasteiger partial charge in [0, 0.05) is 17.6 Å². The van der Waals surface area contributed by atoms with Crippen LogP contribution in [0.15, 0.2) is 18.2 Å².